The van der Waals surface area contributed by atoms with Gasteiger partial charge < -0.3 is 15.1 Å². The molecule has 3 aromatic rings. The Morgan fingerprint density at radius 3 is 2.71 bits per heavy atom. The molecule has 28 heavy (non-hydrogen) atoms. The molecule has 0 aliphatic carbocycles. The SMILES string of the molecule is COC(=O)Cn1c(O)c(N=NC(=O)c2ccc(C=NO)nc2)c2ccccc21. The van der Waals surface area contributed by atoms with Crippen molar-refractivity contribution in [2.75, 3.05) is 7.11 Å². The molecule has 3 rings (SSSR count). The molecule has 142 valence electrons. The van der Waals surface area contributed by atoms with E-state index in [0.29, 0.717) is 16.6 Å². The van der Waals surface area contributed by atoms with Gasteiger partial charge in [-0.15, -0.1) is 10.2 Å². The molecule has 0 saturated carbocycles. The molecule has 2 aromatic heterocycles. The van der Waals surface area contributed by atoms with E-state index < -0.39 is 11.9 Å². The third-order valence-corrected chi connectivity index (χ3v) is 3.90. The number of methoxy groups -OCH3 is 1. The summed E-state index contributed by atoms with van der Waals surface area (Å²) in [6, 6.07) is 9.78. The number of rotatable bonds is 5. The summed E-state index contributed by atoms with van der Waals surface area (Å²) in [5.41, 5.74) is 1.13. The van der Waals surface area contributed by atoms with Crippen molar-refractivity contribution in [1.29, 1.82) is 0 Å². The minimum absolute atomic E-state index is 0.0600. The van der Waals surface area contributed by atoms with Crippen LogP contribution in [0.1, 0.15) is 16.1 Å². The fraction of sp³-hybridized carbons (Fsp3) is 0.111. The molecule has 1 amide bonds. The van der Waals surface area contributed by atoms with Crippen LogP contribution in [-0.4, -0.2) is 45.1 Å². The highest BCUT2D eigenvalue weighted by atomic mass is 16.5. The number of azo groups is 1. The predicted molar refractivity (Wildman–Crippen MR) is 98.1 cm³/mol. The van der Waals surface area contributed by atoms with Crippen LogP contribution >= 0.6 is 0 Å². The normalized spacial score (nSPS) is 11.5. The number of oxime groups is 1. The number of carbonyl (C=O) groups excluding carboxylic acids is 2. The third-order valence-electron chi connectivity index (χ3n) is 3.90. The van der Waals surface area contributed by atoms with E-state index >= 15 is 0 Å². The minimum Gasteiger partial charge on any atom is -0.493 e. The number of fused-ring (bicyclic) bond motifs is 1. The van der Waals surface area contributed by atoms with Gasteiger partial charge in [0.15, 0.2) is 5.69 Å². The number of ether oxygens (including phenoxy) is 1. The van der Waals surface area contributed by atoms with Gasteiger partial charge in [0.2, 0.25) is 5.88 Å². The molecule has 0 radical (unpaired) electrons. The maximum absolute atomic E-state index is 12.2. The first-order valence-corrected chi connectivity index (χ1v) is 8.01. The maximum Gasteiger partial charge on any atom is 0.325 e. The smallest absolute Gasteiger partial charge is 0.325 e. The molecule has 0 aliphatic rings. The Bertz CT molecular complexity index is 1090. The van der Waals surface area contributed by atoms with Gasteiger partial charge in [0.1, 0.15) is 6.54 Å². The number of aromatic hydroxyl groups is 1. The zero-order valence-corrected chi connectivity index (χ0v) is 14.7. The van der Waals surface area contributed by atoms with Crippen LogP contribution < -0.4 is 0 Å². The lowest BCUT2D eigenvalue weighted by Crippen LogP contribution is -2.10. The summed E-state index contributed by atoms with van der Waals surface area (Å²) >= 11 is 0. The molecule has 2 heterocycles. The average Bonchev–Trinajstić information content (AvgIpc) is 2.98. The summed E-state index contributed by atoms with van der Waals surface area (Å²) in [6.45, 7) is -0.218. The first kappa shape index (κ1) is 18.7. The monoisotopic (exact) mass is 381 g/mol. The Kier molecular flexibility index (Phi) is 5.40. The molecule has 10 heteroatoms. The second kappa shape index (κ2) is 8.08. The Hall–Kier alpha value is -4.08. The van der Waals surface area contributed by atoms with Crippen molar-refractivity contribution in [1.82, 2.24) is 9.55 Å². The predicted octanol–water partition coefficient (Wildman–Crippen LogP) is 2.65. The zero-order chi connectivity index (χ0) is 20.1. The van der Waals surface area contributed by atoms with E-state index in [2.05, 4.69) is 25.1 Å². The molecular formula is C18H15N5O5. The molecule has 0 atom stereocenters. The van der Waals surface area contributed by atoms with Gasteiger partial charge in [-0.3, -0.25) is 19.1 Å². The van der Waals surface area contributed by atoms with Crippen LogP contribution in [0.3, 0.4) is 0 Å². The van der Waals surface area contributed by atoms with E-state index in [-0.39, 0.29) is 23.7 Å². The van der Waals surface area contributed by atoms with Crippen LogP contribution in [0.25, 0.3) is 10.9 Å². The first-order chi connectivity index (χ1) is 13.5. The van der Waals surface area contributed by atoms with Crippen molar-refractivity contribution in [3.8, 4) is 5.88 Å². The first-order valence-electron chi connectivity index (χ1n) is 8.01. The van der Waals surface area contributed by atoms with E-state index in [0.717, 1.165) is 6.21 Å². The molecular weight excluding hydrogens is 366 g/mol. The summed E-state index contributed by atoms with van der Waals surface area (Å²) in [7, 11) is 1.25. The fourth-order valence-electron chi connectivity index (χ4n) is 2.54. The van der Waals surface area contributed by atoms with Crippen LogP contribution in [0.2, 0.25) is 0 Å². The van der Waals surface area contributed by atoms with E-state index in [1.54, 1.807) is 24.3 Å². The van der Waals surface area contributed by atoms with Crippen LogP contribution in [0.4, 0.5) is 5.69 Å². The molecule has 0 unspecified atom stereocenters. The maximum atomic E-state index is 12.2. The summed E-state index contributed by atoms with van der Waals surface area (Å²) in [6.07, 6.45) is 2.38. The zero-order valence-electron chi connectivity index (χ0n) is 14.7. The summed E-state index contributed by atoms with van der Waals surface area (Å²) < 4.78 is 5.96. The number of esters is 1. The molecule has 0 aliphatic heterocycles. The Morgan fingerprint density at radius 2 is 2.04 bits per heavy atom. The van der Waals surface area contributed by atoms with Crippen LogP contribution in [0, 0.1) is 0 Å². The molecule has 2 N–H and O–H groups in total. The summed E-state index contributed by atoms with van der Waals surface area (Å²) in [4.78, 5) is 27.8. The lowest BCUT2D eigenvalue weighted by atomic mass is 10.2. The van der Waals surface area contributed by atoms with E-state index in [1.165, 1.54) is 30.0 Å². The molecule has 0 bridgehead atoms. The Morgan fingerprint density at radius 1 is 1.25 bits per heavy atom. The number of hydrogen-bond acceptors (Lipinski definition) is 8. The van der Waals surface area contributed by atoms with Gasteiger partial charge in [0.05, 0.1) is 30.1 Å². The van der Waals surface area contributed by atoms with E-state index in [9.17, 15) is 14.7 Å². The average molecular weight is 381 g/mol. The standard InChI is InChI=1S/C18H15N5O5/c1-28-15(24)10-23-14-5-3-2-4-13(14)16(18(23)26)21-22-17(25)11-6-7-12(9-20-27)19-8-11/h2-9,26-27H,10H2,1H3. The molecule has 0 saturated heterocycles. The van der Waals surface area contributed by atoms with Gasteiger partial charge >= 0.3 is 5.97 Å². The quantitative estimate of drug-likeness (QED) is 0.229. The highest BCUT2D eigenvalue weighted by molar-refractivity contribution is 5.97. The van der Waals surface area contributed by atoms with Gasteiger partial charge in [-0.2, -0.15) is 0 Å². The molecule has 1 aromatic carbocycles. The van der Waals surface area contributed by atoms with Crippen molar-refractivity contribution in [2.45, 2.75) is 6.54 Å². The number of para-hydroxylation sites is 1. The number of benzene rings is 1. The topological polar surface area (TPSA) is 139 Å². The summed E-state index contributed by atoms with van der Waals surface area (Å²) in [5.74, 6) is -1.53. The van der Waals surface area contributed by atoms with Gasteiger partial charge in [-0.1, -0.05) is 23.4 Å². The van der Waals surface area contributed by atoms with E-state index in [1.807, 2.05) is 0 Å². The Balaban J connectivity index is 1.94. The molecule has 0 fully saturated rings. The number of nitrogens with zero attached hydrogens (tertiary/aromatic N) is 5. The van der Waals surface area contributed by atoms with Crippen molar-refractivity contribution in [2.24, 2.45) is 15.4 Å². The lowest BCUT2D eigenvalue weighted by Gasteiger charge is -2.04. The number of pyridine rings is 1. The van der Waals surface area contributed by atoms with Gasteiger partial charge in [0, 0.05) is 11.6 Å². The number of hydrogen-bond donors (Lipinski definition) is 2. The largest absolute Gasteiger partial charge is 0.493 e. The summed E-state index contributed by atoms with van der Waals surface area (Å²) in [5, 5.41) is 29.8. The number of amides is 1. The second-order valence-electron chi connectivity index (χ2n) is 5.57. The van der Waals surface area contributed by atoms with E-state index in [4.69, 9.17) is 5.21 Å². The Labute approximate surface area is 158 Å². The van der Waals surface area contributed by atoms with Crippen molar-refractivity contribution in [3.63, 3.8) is 0 Å². The van der Waals surface area contributed by atoms with Crippen molar-refractivity contribution >= 4 is 34.7 Å². The minimum atomic E-state index is -0.677. The second-order valence-corrected chi connectivity index (χ2v) is 5.57. The highest BCUT2D eigenvalue weighted by Gasteiger charge is 2.19. The highest BCUT2D eigenvalue weighted by Crippen LogP contribution is 2.38. The van der Waals surface area contributed by atoms with Crippen molar-refractivity contribution in [3.05, 3.63) is 53.9 Å². The van der Waals surface area contributed by atoms with Crippen molar-refractivity contribution < 1.29 is 24.6 Å². The number of aromatic nitrogens is 2. The lowest BCUT2D eigenvalue weighted by molar-refractivity contribution is -0.141. The van der Waals surface area contributed by atoms with Crippen LogP contribution in [0.5, 0.6) is 5.88 Å². The number of carbonyl (C=O) groups is 2. The molecule has 0 spiro atoms. The van der Waals surface area contributed by atoms with Crippen LogP contribution in [0.15, 0.2) is 58.0 Å². The molecule has 10 nitrogen and oxygen atoms in total. The fourth-order valence-corrected chi connectivity index (χ4v) is 2.54. The van der Waals surface area contributed by atoms with Gasteiger partial charge in [-0.25, -0.2) is 0 Å². The van der Waals surface area contributed by atoms with Crippen LogP contribution in [-0.2, 0) is 16.1 Å². The van der Waals surface area contributed by atoms with Gasteiger partial charge in [-0.05, 0) is 18.2 Å². The third kappa shape index (κ3) is 3.70. The van der Waals surface area contributed by atoms with Gasteiger partial charge in [0.25, 0.3) is 5.91 Å².